The molecule has 0 fully saturated rings. The van der Waals surface area contributed by atoms with Crippen LogP contribution < -0.4 is 18.9 Å². The lowest BCUT2D eigenvalue weighted by Gasteiger charge is -2.29. The number of aromatic nitrogens is 2. The Kier molecular flexibility index (Phi) is 4.71. The van der Waals surface area contributed by atoms with Gasteiger partial charge in [-0.15, -0.1) is 5.10 Å². The molecule has 8 heteroatoms. The van der Waals surface area contributed by atoms with Gasteiger partial charge in [0.15, 0.2) is 11.5 Å². The Balaban J connectivity index is 2.29. The van der Waals surface area contributed by atoms with Gasteiger partial charge in [0.25, 0.3) is 0 Å². The van der Waals surface area contributed by atoms with Crippen LogP contribution in [0.2, 0.25) is 0 Å². The lowest BCUT2D eigenvalue weighted by atomic mass is 9.78. The number of fused-ring (bicyclic) bond motifs is 1. The van der Waals surface area contributed by atoms with E-state index >= 15 is 0 Å². The Bertz CT molecular complexity index is 884. The number of methoxy groups -OCH3 is 3. The first kappa shape index (κ1) is 17.6. The number of benzene rings is 1. The summed E-state index contributed by atoms with van der Waals surface area (Å²) in [6.07, 6.45) is 0.684. The Morgan fingerprint density at radius 1 is 1.23 bits per heavy atom. The van der Waals surface area contributed by atoms with Crippen molar-refractivity contribution in [2.24, 2.45) is 5.92 Å². The second kappa shape index (κ2) is 6.96. The Morgan fingerprint density at radius 3 is 2.54 bits per heavy atom. The smallest absolute Gasteiger partial charge is 0.243 e. The monoisotopic (exact) mass is 356 g/mol. The Hall–Kier alpha value is -3.21. The maximum Gasteiger partial charge on any atom is 0.243 e. The molecule has 26 heavy (non-hydrogen) atoms. The number of aromatic amines is 1. The first-order valence-electron chi connectivity index (χ1n) is 8.13. The van der Waals surface area contributed by atoms with E-state index in [4.69, 9.17) is 24.4 Å². The number of hydrogen-bond acceptors (Lipinski definition) is 7. The average molecular weight is 356 g/mol. The van der Waals surface area contributed by atoms with Gasteiger partial charge in [0.2, 0.25) is 17.5 Å². The fourth-order valence-corrected chi connectivity index (χ4v) is 3.36. The van der Waals surface area contributed by atoms with Crippen LogP contribution in [0.5, 0.6) is 23.1 Å². The van der Waals surface area contributed by atoms with Gasteiger partial charge >= 0.3 is 0 Å². The SMILES string of the molecule is CCc1[nH]nc2c1C(c1ccc(OC)c(OC)c1OC)C(C#N)C(=N)O2. The summed E-state index contributed by atoms with van der Waals surface area (Å²) in [5.74, 6) is 0.312. The fraction of sp³-hybridized carbons (Fsp3) is 0.389. The van der Waals surface area contributed by atoms with E-state index in [1.165, 1.54) is 14.2 Å². The number of rotatable bonds is 5. The molecule has 2 atom stereocenters. The molecule has 0 saturated carbocycles. The Morgan fingerprint density at radius 2 is 1.96 bits per heavy atom. The molecule has 1 aromatic heterocycles. The molecule has 3 rings (SSSR count). The minimum atomic E-state index is -0.808. The van der Waals surface area contributed by atoms with Gasteiger partial charge in [-0.05, 0) is 12.5 Å². The molecule has 1 aliphatic heterocycles. The van der Waals surface area contributed by atoms with E-state index in [2.05, 4.69) is 16.3 Å². The van der Waals surface area contributed by atoms with Crippen LogP contribution >= 0.6 is 0 Å². The molecule has 2 unspecified atom stereocenters. The second-order valence-corrected chi connectivity index (χ2v) is 5.75. The van der Waals surface area contributed by atoms with Crippen LogP contribution in [0.4, 0.5) is 0 Å². The number of ether oxygens (including phenoxy) is 4. The molecule has 0 bridgehead atoms. The summed E-state index contributed by atoms with van der Waals surface area (Å²) < 4.78 is 21.9. The largest absolute Gasteiger partial charge is 0.493 e. The van der Waals surface area contributed by atoms with Gasteiger partial charge < -0.3 is 18.9 Å². The molecular weight excluding hydrogens is 336 g/mol. The first-order chi connectivity index (χ1) is 12.6. The summed E-state index contributed by atoms with van der Waals surface area (Å²) in [5.41, 5.74) is 2.33. The minimum Gasteiger partial charge on any atom is -0.493 e. The van der Waals surface area contributed by atoms with Gasteiger partial charge in [-0.3, -0.25) is 10.5 Å². The van der Waals surface area contributed by atoms with Gasteiger partial charge in [-0.1, -0.05) is 13.0 Å². The van der Waals surface area contributed by atoms with Crippen molar-refractivity contribution in [2.75, 3.05) is 21.3 Å². The number of hydrogen-bond donors (Lipinski definition) is 2. The van der Waals surface area contributed by atoms with Crippen molar-refractivity contribution in [3.8, 4) is 29.2 Å². The summed E-state index contributed by atoms with van der Waals surface area (Å²) >= 11 is 0. The van der Waals surface area contributed by atoms with Crippen molar-refractivity contribution in [3.05, 3.63) is 29.0 Å². The Labute approximate surface area is 151 Å². The van der Waals surface area contributed by atoms with Crippen LogP contribution in [-0.2, 0) is 6.42 Å². The summed E-state index contributed by atoms with van der Waals surface area (Å²) in [7, 11) is 4.60. The molecule has 1 aromatic carbocycles. The maximum absolute atomic E-state index is 9.71. The van der Waals surface area contributed by atoms with Crippen LogP contribution in [-0.4, -0.2) is 37.4 Å². The van der Waals surface area contributed by atoms with Crippen molar-refractivity contribution >= 4 is 5.90 Å². The fourth-order valence-electron chi connectivity index (χ4n) is 3.36. The van der Waals surface area contributed by atoms with Gasteiger partial charge in [0.05, 0.1) is 27.4 Å². The van der Waals surface area contributed by atoms with Crippen LogP contribution in [0.3, 0.4) is 0 Å². The molecule has 2 aromatic rings. The van der Waals surface area contributed by atoms with Crippen LogP contribution in [0.1, 0.15) is 29.7 Å². The highest BCUT2D eigenvalue weighted by Crippen LogP contribution is 2.50. The van der Waals surface area contributed by atoms with Gasteiger partial charge in [0, 0.05) is 22.7 Å². The van der Waals surface area contributed by atoms with Crippen LogP contribution in [0.25, 0.3) is 0 Å². The molecule has 1 aliphatic rings. The second-order valence-electron chi connectivity index (χ2n) is 5.75. The lowest BCUT2D eigenvalue weighted by Crippen LogP contribution is -2.31. The third-order valence-electron chi connectivity index (χ3n) is 4.54. The predicted molar refractivity (Wildman–Crippen MR) is 93.4 cm³/mol. The highest BCUT2D eigenvalue weighted by atomic mass is 16.5. The zero-order valence-corrected chi connectivity index (χ0v) is 15.0. The van der Waals surface area contributed by atoms with Crippen molar-refractivity contribution < 1.29 is 18.9 Å². The number of nitrogens with one attached hydrogen (secondary N) is 2. The highest BCUT2D eigenvalue weighted by molar-refractivity contribution is 5.85. The van der Waals surface area contributed by atoms with Gasteiger partial charge in [0.1, 0.15) is 5.92 Å². The van der Waals surface area contributed by atoms with Crippen molar-refractivity contribution in [2.45, 2.75) is 19.3 Å². The number of H-pyrrole nitrogens is 1. The standard InChI is InChI=1S/C18H20N4O4/c1-5-11-14-13(10(8-19)17(20)26-18(14)22-21-11)9-6-7-12(23-2)16(25-4)15(9)24-3/h6-7,10,13,20H,5H2,1-4H3,(H,21,22). The van der Waals surface area contributed by atoms with E-state index in [0.29, 0.717) is 35.1 Å². The van der Waals surface area contributed by atoms with E-state index in [0.717, 1.165) is 11.3 Å². The van der Waals surface area contributed by atoms with E-state index in [1.54, 1.807) is 13.2 Å². The zero-order chi connectivity index (χ0) is 18.8. The summed E-state index contributed by atoms with van der Waals surface area (Å²) in [6.45, 7) is 1.98. The molecule has 0 amide bonds. The molecule has 8 nitrogen and oxygen atoms in total. The van der Waals surface area contributed by atoms with Gasteiger partial charge in [-0.2, -0.15) is 5.26 Å². The van der Waals surface area contributed by atoms with E-state index in [-0.39, 0.29) is 5.90 Å². The van der Waals surface area contributed by atoms with Crippen molar-refractivity contribution in [3.63, 3.8) is 0 Å². The number of nitrogens with zero attached hydrogens (tertiary/aromatic N) is 2. The number of aryl methyl sites for hydroxylation is 1. The van der Waals surface area contributed by atoms with Crippen molar-refractivity contribution in [1.29, 1.82) is 10.7 Å². The van der Waals surface area contributed by atoms with Crippen LogP contribution in [0, 0.1) is 22.7 Å². The topological polar surface area (TPSA) is 113 Å². The first-order valence-corrected chi connectivity index (χ1v) is 8.13. The molecule has 0 aliphatic carbocycles. The maximum atomic E-state index is 9.71. The average Bonchev–Trinajstić information content (AvgIpc) is 3.07. The van der Waals surface area contributed by atoms with Crippen molar-refractivity contribution in [1.82, 2.24) is 10.2 Å². The summed E-state index contributed by atoms with van der Waals surface area (Å²) in [5, 5.41) is 24.9. The van der Waals surface area contributed by atoms with Crippen LogP contribution in [0.15, 0.2) is 12.1 Å². The molecule has 136 valence electrons. The molecule has 0 radical (unpaired) electrons. The molecule has 0 saturated heterocycles. The normalized spacial score (nSPS) is 18.5. The number of nitriles is 1. The van der Waals surface area contributed by atoms with E-state index in [9.17, 15) is 5.26 Å². The third kappa shape index (κ3) is 2.52. The van der Waals surface area contributed by atoms with Gasteiger partial charge in [-0.25, -0.2) is 0 Å². The predicted octanol–water partition coefficient (Wildman–Crippen LogP) is 2.64. The molecule has 0 spiro atoms. The van der Waals surface area contributed by atoms with E-state index in [1.807, 2.05) is 13.0 Å². The third-order valence-corrected chi connectivity index (χ3v) is 4.54. The lowest BCUT2D eigenvalue weighted by molar-refractivity contribution is 0.320. The summed E-state index contributed by atoms with van der Waals surface area (Å²) in [6, 6.07) is 5.77. The minimum absolute atomic E-state index is 0.143. The molecule has 2 heterocycles. The zero-order valence-electron chi connectivity index (χ0n) is 15.0. The highest BCUT2D eigenvalue weighted by Gasteiger charge is 2.42. The molecular formula is C18H20N4O4. The quantitative estimate of drug-likeness (QED) is 0.851. The summed E-state index contributed by atoms with van der Waals surface area (Å²) in [4.78, 5) is 0. The molecule has 2 N–H and O–H groups in total. The van der Waals surface area contributed by atoms with E-state index < -0.39 is 11.8 Å².